The highest BCUT2D eigenvalue weighted by Gasteiger charge is 2.22. The first-order chi connectivity index (χ1) is 9.59. The Morgan fingerprint density at radius 2 is 1.90 bits per heavy atom. The van der Waals surface area contributed by atoms with Crippen molar-refractivity contribution in [3.8, 4) is 0 Å². The number of H-pyrrole nitrogens is 1. The summed E-state index contributed by atoms with van der Waals surface area (Å²) in [6.07, 6.45) is 0. The summed E-state index contributed by atoms with van der Waals surface area (Å²) in [6.45, 7) is 7.61. The molecule has 0 radical (unpaired) electrons. The normalized spacial score (nSPS) is 12.4. The predicted molar refractivity (Wildman–Crippen MR) is 79.2 cm³/mol. The number of nitrogens with one attached hydrogen (secondary N) is 2. The van der Waals surface area contributed by atoms with E-state index in [2.05, 4.69) is 14.9 Å². The summed E-state index contributed by atoms with van der Waals surface area (Å²) in [4.78, 5) is -0.386. The van der Waals surface area contributed by atoms with Crippen LogP contribution in [0.15, 0.2) is 29.2 Å². The third kappa shape index (κ3) is 3.41. The van der Waals surface area contributed by atoms with Gasteiger partial charge in [0.15, 0.2) is 5.82 Å². The number of nitrogens with zero attached hydrogens (tertiary/aromatic N) is 1. The molecule has 0 aliphatic carbocycles. The van der Waals surface area contributed by atoms with Crippen molar-refractivity contribution in [2.24, 2.45) is 0 Å². The first-order valence-electron chi connectivity index (χ1n) is 6.44. The zero-order valence-electron chi connectivity index (χ0n) is 12.4. The molecule has 0 aliphatic rings. The Morgan fingerprint density at radius 3 is 2.48 bits per heavy atom. The average Bonchev–Trinajstić information content (AvgIpc) is 2.79. The summed E-state index contributed by atoms with van der Waals surface area (Å²) in [6, 6.07) is 5.54. The molecule has 0 unspecified atom stereocenters. The molecule has 5 nitrogen and oxygen atoms in total. The zero-order chi connectivity index (χ0) is 15.8. The Hall–Kier alpha value is -1.89. The molecule has 0 amide bonds. The van der Waals surface area contributed by atoms with Crippen molar-refractivity contribution >= 4 is 15.8 Å². The van der Waals surface area contributed by atoms with Gasteiger partial charge in [-0.1, -0.05) is 26.8 Å². The molecule has 2 N–H and O–H groups in total. The molecule has 1 heterocycles. The maximum absolute atomic E-state index is 13.7. The van der Waals surface area contributed by atoms with Crippen molar-refractivity contribution in [2.45, 2.75) is 38.0 Å². The number of hydrogen-bond donors (Lipinski definition) is 2. The van der Waals surface area contributed by atoms with Crippen LogP contribution in [0.2, 0.25) is 0 Å². The number of benzene rings is 1. The lowest BCUT2D eigenvalue weighted by atomic mass is 9.92. The number of aromatic amines is 1. The van der Waals surface area contributed by atoms with Crippen LogP contribution in [0.4, 0.5) is 10.2 Å². The lowest BCUT2D eigenvalue weighted by Crippen LogP contribution is -2.15. The Balaban J connectivity index is 2.34. The van der Waals surface area contributed by atoms with Gasteiger partial charge in [-0.2, -0.15) is 5.10 Å². The molecule has 0 atom stereocenters. The topological polar surface area (TPSA) is 74.8 Å². The van der Waals surface area contributed by atoms with E-state index in [1.54, 1.807) is 13.0 Å². The highest BCUT2D eigenvalue weighted by Crippen LogP contribution is 2.24. The summed E-state index contributed by atoms with van der Waals surface area (Å²) >= 11 is 0. The van der Waals surface area contributed by atoms with Gasteiger partial charge in [-0.15, -0.1) is 0 Å². The van der Waals surface area contributed by atoms with Crippen molar-refractivity contribution in [1.82, 2.24) is 10.2 Å². The van der Waals surface area contributed by atoms with Gasteiger partial charge in [0.1, 0.15) is 10.7 Å². The lowest BCUT2D eigenvalue weighted by molar-refractivity contribution is 0.567. The molecule has 21 heavy (non-hydrogen) atoms. The van der Waals surface area contributed by atoms with Gasteiger partial charge in [0.25, 0.3) is 10.0 Å². The summed E-state index contributed by atoms with van der Waals surface area (Å²) < 4.78 is 40.5. The Morgan fingerprint density at radius 1 is 1.24 bits per heavy atom. The second-order valence-electron chi connectivity index (χ2n) is 5.96. The minimum Gasteiger partial charge on any atom is -0.280 e. The van der Waals surface area contributed by atoms with E-state index >= 15 is 0 Å². The first-order valence-corrected chi connectivity index (χ1v) is 7.93. The van der Waals surface area contributed by atoms with Crippen LogP contribution in [0.5, 0.6) is 0 Å². The Kier molecular flexibility index (Phi) is 3.79. The number of halogens is 1. The van der Waals surface area contributed by atoms with E-state index in [1.807, 2.05) is 20.8 Å². The van der Waals surface area contributed by atoms with E-state index < -0.39 is 15.8 Å². The van der Waals surface area contributed by atoms with E-state index in [0.29, 0.717) is 5.56 Å². The van der Waals surface area contributed by atoms with Crippen LogP contribution in [0.25, 0.3) is 0 Å². The van der Waals surface area contributed by atoms with Crippen LogP contribution in [0.1, 0.15) is 32.0 Å². The van der Waals surface area contributed by atoms with E-state index in [1.165, 1.54) is 12.1 Å². The molecule has 0 spiro atoms. The molecule has 0 bridgehead atoms. The van der Waals surface area contributed by atoms with Gasteiger partial charge in [-0.05, 0) is 24.6 Å². The van der Waals surface area contributed by atoms with Crippen LogP contribution in [0.3, 0.4) is 0 Å². The molecule has 0 fully saturated rings. The molecular formula is C14H18FN3O2S. The van der Waals surface area contributed by atoms with Gasteiger partial charge in [0.05, 0.1) is 0 Å². The van der Waals surface area contributed by atoms with Crippen molar-refractivity contribution in [1.29, 1.82) is 0 Å². The third-order valence-electron chi connectivity index (χ3n) is 3.00. The minimum absolute atomic E-state index is 0.140. The lowest BCUT2D eigenvalue weighted by Gasteiger charge is -2.14. The fraction of sp³-hybridized carbons (Fsp3) is 0.357. The average molecular weight is 311 g/mol. The summed E-state index contributed by atoms with van der Waals surface area (Å²) in [5, 5.41) is 6.68. The molecule has 2 rings (SSSR count). The molecular weight excluding hydrogens is 293 g/mol. The van der Waals surface area contributed by atoms with Crippen molar-refractivity contribution < 1.29 is 12.8 Å². The number of hydrogen-bond acceptors (Lipinski definition) is 3. The van der Waals surface area contributed by atoms with Crippen molar-refractivity contribution in [2.75, 3.05) is 4.72 Å². The molecule has 7 heteroatoms. The standard InChI is InChI=1S/C14H18FN3O2S/c1-9-5-6-10(15)11(7-9)21(19,20)18-13-8-12(16-17-13)14(2,3)4/h5-8H,1-4H3,(H2,16,17,18). The molecule has 2 aromatic rings. The third-order valence-corrected chi connectivity index (χ3v) is 4.37. The summed E-state index contributed by atoms with van der Waals surface area (Å²) in [7, 11) is -4.01. The SMILES string of the molecule is Cc1ccc(F)c(S(=O)(=O)Nc2cc(C(C)(C)C)[nH]n2)c1. The Labute approximate surface area is 123 Å². The van der Waals surface area contributed by atoms with E-state index in [-0.39, 0.29) is 16.1 Å². The second kappa shape index (κ2) is 5.14. The molecule has 0 saturated carbocycles. The summed E-state index contributed by atoms with van der Waals surface area (Å²) in [5.41, 5.74) is 1.25. The molecule has 1 aromatic heterocycles. The molecule has 0 aliphatic heterocycles. The highest BCUT2D eigenvalue weighted by molar-refractivity contribution is 7.92. The molecule has 1 aromatic carbocycles. The van der Waals surface area contributed by atoms with Crippen molar-refractivity contribution in [3.63, 3.8) is 0 Å². The fourth-order valence-electron chi connectivity index (χ4n) is 1.77. The maximum Gasteiger partial charge on any atom is 0.266 e. The fourth-order valence-corrected chi connectivity index (χ4v) is 2.92. The van der Waals surface area contributed by atoms with Gasteiger partial charge in [0.2, 0.25) is 0 Å². The number of aromatic nitrogens is 2. The van der Waals surface area contributed by atoms with Crippen LogP contribution in [-0.2, 0) is 15.4 Å². The monoisotopic (exact) mass is 311 g/mol. The number of aryl methyl sites for hydroxylation is 1. The zero-order valence-corrected chi connectivity index (χ0v) is 13.2. The number of anilines is 1. The van der Waals surface area contributed by atoms with E-state index in [0.717, 1.165) is 11.8 Å². The predicted octanol–water partition coefficient (Wildman–Crippen LogP) is 2.96. The van der Waals surface area contributed by atoms with E-state index in [4.69, 9.17) is 0 Å². The Bertz CT molecular complexity index is 761. The van der Waals surface area contributed by atoms with Crippen LogP contribution in [-0.4, -0.2) is 18.6 Å². The van der Waals surface area contributed by atoms with Crippen molar-refractivity contribution in [3.05, 3.63) is 41.3 Å². The molecule has 0 saturated heterocycles. The van der Waals surface area contributed by atoms with Gasteiger partial charge in [-0.3, -0.25) is 9.82 Å². The first kappa shape index (κ1) is 15.5. The quantitative estimate of drug-likeness (QED) is 0.915. The van der Waals surface area contributed by atoms with Crippen LogP contribution in [0, 0.1) is 12.7 Å². The number of sulfonamides is 1. The minimum atomic E-state index is -4.01. The molecule has 114 valence electrons. The van der Waals surface area contributed by atoms with Gasteiger partial charge in [-0.25, -0.2) is 12.8 Å². The van der Waals surface area contributed by atoms with Crippen LogP contribution >= 0.6 is 0 Å². The smallest absolute Gasteiger partial charge is 0.266 e. The second-order valence-corrected chi connectivity index (χ2v) is 7.61. The highest BCUT2D eigenvalue weighted by atomic mass is 32.2. The van der Waals surface area contributed by atoms with Gasteiger partial charge < -0.3 is 0 Å². The van der Waals surface area contributed by atoms with Gasteiger partial charge >= 0.3 is 0 Å². The van der Waals surface area contributed by atoms with E-state index in [9.17, 15) is 12.8 Å². The number of rotatable bonds is 3. The van der Waals surface area contributed by atoms with Gasteiger partial charge in [0, 0.05) is 17.2 Å². The van der Waals surface area contributed by atoms with Crippen LogP contribution < -0.4 is 4.72 Å². The summed E-state index contributed by atoms with van der Waals surface area (Å²) in [5.74, 6) is -0.652. The largest absolute Gasteiger partial charge is 0.280 e. The maximum atomic E-state index is 13.7.